The van der Waals surface area contributed by atoms with Gasteiger partial charge in [-0.3, -0.25) is 10.1 Å². The average molecular weight is 275 g/mol. The Morgan fingerprint density at radius 1 is 1.39 bits per heavy atom. The van der Waals surface area contributed by atoms with Gasteiger partial charge in [-0.25, -0.2) is 0 Å². The van der Waals surface area contributed by atoms with Crippen LogP contribution in [0.4, 0.5) is 5.69 Å². The molecule has 2 N–H and O–H groups in total. The third-order valence-electron chi connectivity index (χ3n) is 2.34. The number of benzene rings is 1. The number of nitrogens with two attached hydrogens (primary N) is 1. The van der Waals surface area contributed by atoms with E-state index in [0.717, 1.165) is 0 Å². The van der Waals surface area contributed by atoms with Crippen molar-refractivity contribution in [1.29, 1.82) is 0 Å². The lowest BCUT2D eigenvalue weighted by Gasteiger charge is -2.12. The number of nitrogens with zero attached hydrogens (tertiary/aromatic N) is 1. The molecule has 0 radical (unpaired) electrons. The van der Waals surface area contributed by atoms with Crippen LogP contribution in [0.3, 0.4) is 0 Å². The smallest absolute Gasteiger partial charge is 0.278 e. The van der Waals surface area contributed by atoms with Crippen molar-refractivity contribution in [3.63, 3.8) is 0 Å². The fraction of sp³-hybridized carbons (Fsp3) is 0.273. The van der Waals surface area contributed by atoms with E-state index in [1.165, 1.54) is 32.4 Å². The van der Waals surface area contributed by atoms with Crippen molar-refractivity contribution < 1.29 is 14.4 Å². The number of ether oxygens (including phenoxy) is 2. The summed E-state index contributed by atoms with van der Waals surface area (Å²) in [6.07, 6.45) is 1.42. The predicted octanol–water partition coefficient (Wildman–Crippen LogP) is 2.22. The van der Waals surface area contributed by atoms with Crippen molar-refractivity contribution in [2.24, 2.45) is 5.73 Å². The Balaban J connectivity index is 0.00000289. The molecule has 100 valence electrons. The third kappa shape index (κ3) is 3.12. The van der Waals surface area contributed by atoms with Gasteiger partial charge in [0.2, 0.25) is 0 Å². The van der Waals surface area contributed by atoms with Crippen molar-refractivity contribution in [3.05, 3.63) is 40.5 Å². The number of halogens is 1. The van der Waals surface area contributed by atoms with Crippen LogP contribution in [-0.2, 0) is 0 Å². The van der Waals surface area contributed by atoms with Gasteiger partial charge in [-0.15, -0.1) is 19.0 Å². The average Bonchev–Trinajstić information content (AvgIpc) is 2.35. The Kier molecular flexibility index (Phi) is 6.15. The monoisotopic (exact) mass is 274 g/mol. The first kappa shape index (κ1) is 16.2. The van der Waals surface area contributed by atoms with E-state index in [1.807, 2.05) is 0 Å². The van der Waals surface area contributed by atoms with Crippen LogP contribution in [0.5, 0.6) is 11.5 Å². The van der Waals surface area contributed by atoms with Crippen LogP contribution in [0.25, 0.3) is 0 Å². The number of hydrogen-bond acceptors (Lipinski definition) is 5. The van der Waals surface area contributed by atoms with Crippen molar-refractivity contribution in [3.8, 4) is 11.5 Å². The van der Waals surface area contributed by atoms with Crippen molar-refractivity contribution in [2.45, 2.75) is 6.04 Å². The second-order valence-corrected chi connectivity index (χ2v) is 3.28. The highest BCUT2D eigenvalue weighted by atomic mass is 35.5. The zero-order valence-electron chi connectivity index (χ0n) is 10.1. The van der Waals surface area contributed by atoms with E-state index in [4.69, 9.17) is 15.2 Å². The molecule has 1 aromatic rings. The molecule has 1 atom stereocenters. The molecule has 7 heteroatoms. The molecule has 0 fully saturated rings. The summed E-state index contributed by atoms with van der Waals surface area (Å²) in [6, 6.07) is 2.15. The van der Waals surface area contributed by atoms with Gasteiger partial charge in [0.1, 0.15) is 0 Å². The molecule has 6 nitrogen and oxygen atoms in total. The first-order chi connectivity index (χ1) is 8.04. The van der Waals surface area contributed by atoms with E-state index in [0.29, 0.717) is 17.1 Å². The van der Waals surface area contributed by atoms with Crippen molar-refractivity contribution in [2.75, 3.05) is 14.2 Å². The normalized spacial score (nSPS) is 11.1. The molecule has 0 aromatic heterocycles. The Bertz CT molecular complexity index is 451. The quantitative estimate of drug-likeness (QED) is 0.505. The number of hydrogen-bond donors (Lipinski definition) is 1. The summed E-state index contributed by atoms with van der Waals surface area (Å²) in [4.78, 5) is 10.4. The summed E-state index contributed by atoms with van der Waals surface area (Å²) in [5, 5.41) is 10.9. The Hall–Kier alpha value is -1.79. The molecule has 0 aliphatic heterocycles. The van der Waals surface area contributed by atoms with Crippen LogP contribution in [0.1, 0.15) is 11.6 Å². The highest BCUT2D eigenvalue weighted by Gasteiger charge is 2.22. The lowest BCUT2D eigenvalue weighted by Crippen LogP contribution is -2.10. The Labute approximate surface area is 111 Å². The maximum Gasteiger partial charge on any atom is 0.278 e. The number of methoxy groups -OCH3 is 2. The van der Waals surface area contributed by atoms with Crippen LogP contribution < -0.4 is 15.2 Å². The minimum atomic E-state index is -0.629. The van der Waals surface area contributed by atoms with Crippen LogP contribution in [-0.4, -0.2) is 19.1 Å². The molecule has 1 rings (SSSR count). The molecule has 0 spiro atoms. The highest BCUT2D eigenvalue weighted by Crippen LogP contribution is 2.36. The van der Waals surface area contributed by atoms with Gasteiger partial charge in [0.15, 0.2) is 11.5 Å². The second kappa shape index (κ2) is 6.83. The summed E-state index contributed by atoms with van der Waals surface area (Å²) in [6.45, 7) is 3.52. The van der Waals surface area contributed by atoms with Crippen LogP contribution in [0.15, 0.2) is 24.8 Å². The summed E-state index contributed by atoms with van der Waals surface area (Å²) in [5.41, 5.74) is 5.95. The van der Waals surface area contributed by atoms with Crippen LogP contribution >= 0.6 is 12.4 Å². The van der Waals surface area contributed by atoms with E-state index in [9.17, 15) is 10.1 Å². The molecule has 0 unspecified atom stereocenters. The van der Waals surface area contributed by atoms with Gasteiger partial charge in [0, 0.05) is 0 Å². The molecule has 0 aliphatic rings. The van der Waals surface area contributed by atoms with Gasteiger partial charge in [-0.1, -0.05) is 6.08 Å². The summed E-state index contributed by atoms with van der Waals surface area (Å²) in [5.74, 6) is 0.685. The second-order valence-electron chi connectivity index (χ2n) is 3.28. The number of nitro groups is 1. The zero-order chi connectivity index (χ0) is 13.0. The molecule has 0 bridgehead atoms. The van der Waals surface area contributed by atoms with E-state index < -0.39 is 11.0 Å². The predicted molar refractivity (Wildman–Crippen MR) is 70.6 cm³/mol. The van der Waals surface area contributed by atoms with Crippen LogP contribution in [0.2, 0.25) is 0 Å². The molecule has 18 heavy (non-hydrogen) atoms. The maximum atomic E-state index is 10.9. The number of nitro benzene ring substituents is 1. The molecule has 0 saturated heterocycles. The first-order valence-corrected chi connectivity index (χ1v) is 4.83. The molecule has 0 saturated carbocycles. The van der Waals surface area contributed by atoms with Gasteiger partial charge >= 0.3 is 0 Å². The van der Waals surface area contributed by atoms with Gasteiger partial charge in [-0.05, 0) is 6.07 Å². The van der Waals surface area contributed by atoms with Crippen LogP contribution in [0, 0.1) is 10.1 Å². The lowest BCUT2D eigenvalue weighted by molar-refractivity contribution is -0.385. The van der Waals surface area contributed by atoms with Gasteiger partial charge < -0.3 is 15.2 Å². The molecular weight excluding hydrogens is 260 g/mol. The minimum Gasteiger partial charge on any atom is -0.493 e. The SMILES string of the molecule is C=C[C@@H](N)c1cc(OC)c(OC)cc1[N+](=O)[O-].Cl. The van der Waals surface area contributed by atoms with Gasteiger partial charge in [0.25, 0.3) is 5.69 Å². The Morgan fingerprint density at radius 2 is 1.89 bits per heavy atom. The summed E-state index contributed by atoms with van der Waals surface area (Å²) >= 11 is 0. The fourth-order valence-electron chi connectivity index (χ4n) is 1.44. The highest BCUT2D eigenvalue weighted by molar-refractivity contribution is 5.85. The van der Waals surface area contributed by atoms with Crippen molar-refractivity contribution in [1.82, 2.24) is 0 Å². The minimum absolute atomic E-state index is 0. The van der Waals surface area contributed by atoms with E-state index in [-0.39, 0.29) is 18.1 Å². The standard InChI is InChI=1S/C11H14N2O4.ClH/c1-4-8(12)7-5-10(16-2)11(17-3)6-9(7)13(14)15;/h4-6,8H,1,12H2,2-3H3;1H/t8-;/m1./s1. The molecule has 0 heterocycles. The molecule has 1 aromatic carbocycles. The van der Waals surface area contributed by atoms with E-state index in [1.54, 1.807) is 0 Å². The molecule has 0 aliphatic carbocycles. The van der Waals surface area contributed by atoms with Gasteiger partial charge in [-0.2, -0.15) is 0 Å². The van der Waals surface area contributed by atoms with E-state index in [2.05, 4.69) is 6.58 Å². The maximum absolute atomic E-state index is 10.9. The Morgan fingerprint density at radius 3 is 2.28 bits per heavy atom. The molecule has 0 amide bonds. The zero-order valence-corrected chi connectivity index (χ0v) is 10.9. The lowest BCUT2D eigenvalue weighted by atomic mass is 10.0. The largest absolute Gasteiger partial charge is 0.493 e. The topological polar surface area (TPSA) is 87.6 Å². The first-order valence-electron chi connectivity index (χ1n) is 4.83. The summed E-state index contributed by atoms with van der Waals surface area (Å²) in [7, 11) is 2.86. The van der Waals surface area contributed by atoms with Gasteiger partial charge in [0.05, 0.1) is 36.8 Å². The molecular formula is C11H15ClN2O4. The fourth-order valence-corrected chi connectivity index (χ4v) is 1.44. The van der Waals surface area contributed by atoms with Crippen molar-refractivity contribution >= 4 is 18.1 Å². The summed E-state index contributed by atoms with van der Waals surface area (Å²) < 4.78 is 10.1. The third-order valence-corrected chi connectivity index (χ3v) is 2.34. The van der Waals surface area contributed by atoms with E-state index >= 15 is 0 Å². The number of rotatable bonds is 5.